The van der Waals surface area contributed by atoms with Crippen LogP contribution in [0.3, 0.4) is 0 Å². The number of rotatable bonds is 2. The smallest absolute Gasteiger partial charge is 0.253 e. The number of piperidine rings is 1. The molecule has 5 nitrogen and oxygen atoms in total. The molecule has 0 N–H and O–H groups in total. The fraction of sp³-hybridized carbons (Fsp3) is 0.438. The zero-order valence-corrected chi connectivity index (χ0v) is 12.4. The highest BCUT2D eigenvalue weighted by Crippen LogP contribution is 2.26. The van der Waals surface area contributed by atoms with Gasteiger partial charge in [0, 0.05) is 18.7 Å². The Morgan fingerprint density at radius 2 is 2.05 bits per heavy atom. The molecule has 21 heavy (non-hydrogen) atoms. The summed E-state index contributed by atoms with van der Waals surface area (Å²) in [6.07, 6.45) is 1.95. The van der Waals surface area contributed by atoms with Gasteiger partial charge in [-0.2, -0.15) is 4.98 Å². The van der Waals surface area contributed by atoms with E-state index in [4.69, 9.17) is 4.52 Å². The van der Waals surface area contributed by atoms with Crippen LogP contribution in [0.2, 0.25) is 0 Å². The lowest BCUT2D eigenvalue weighted by molar-refractivity contribution is 0.0695. The van der Waals surface area contributed by atoms with E-state index in [1.165, 1.54) is 0 Å². The van der Waals surface area contributed by atoms with Gasteiger partial charge >= 0.3 is 0 Å². The van der Waals surface area contributed by atoms with Crippen molar-refractivity contribution in [3.8, 4) is 0 Å². The van der Waals surface area contributed by atoms with Gasteiger partial charge in [0.25, 0.3) is 5.91 Å². The largest absolute Gasteiger partial charge is 0.339 e. The van der Waals surface area contributed by atoms with Crippen molar-refractivity contribution in [1.82, 2.24) is 15.0 Å². The summed E-state index contributed by atoms with van der Waals surface area (Å²) in [5, 5.41) is 3.84. The van der Waals surface area contributed by atoms with Crippen LogP contribution in [0.1, 0.15) is 46.4 Å². The number of aryl methyl sites for hydroxylation is 2. The molecule has 110 valence electrons. The molecule has 0 bridgehead atoms. The number of nitrogens with zero attached hydrogens (tertiary/aromatic N) is 3. The highest BCUT2D eigenvalue weighted by Gasteiger charge is 2.28. The lowest BCUT2D eigenvalue weighted by atomic mass is 9.97. The first-order chi connectivity index (χ1) is 10.1. The Labute approximate surface area is 124 Å². The minimum atomic E-state index is 0.0796. The van der Waals surface area contributed by atoms with Crippen LogP contribution < -0.4 is 0 Å². The molecule has 3 rings (SSSR count). The van der Waals surface area contributed by atoms with Crippen LogP contribution >= 0.6 is 0 Å². The second-order valence-electron chi connectivity index (χ2n) is 5.64. The van der Waals surface area contributed by atoms with Gasteiger partial charge in [0.05, 0.1) is 5.92 Å². The van der Waals surface area contributed by atoms with Crippen molar-refractivity contribution in [2.24, 2.45) is 0 Å². The summed E-state index contributed by atoms with van der Waals surface area (Å²) < 4.78 is 5.25. The molecule has 5 heteroatoms. The van der Waals surface area contributed by atoms with E-state index < -0.39 is 0 Å². The highest BCUT2D eigenvalue weighted by molar-refractivity contribution is 5.94. The summed E-state index contributed by atoms with van der Waals surface area (Å²) in [5.74, 6) is 1.52. The molecular weight excluding hydrogens is 266 g/mol. The van der Waals surface area contributed by atoms with Gasteiger partial charge in [0.2, 0.25) is 5.89 Å². The standard InChI is InChI=1S/C16H19N3O2/c1-11-5-7-13(8-6-11)16(20)19-9-3-4-14(10-19)15-17-12(2)18-21-15/h5-8,14H,3-4,9-10H2,1-2H3/t14-/m0/s1. The molecule has 1 atom stereocenters. The van der Waals surface area contributed by atoms with Gasteiger partial charge in [-0.1, -0.05) is 22.9 Å². The summed E-state index contributed by atoms with van der Waals surface area (Å²) in [5.41, 5.74) is 1.90. The van der Waals surface area contributed by atoms with Crippen LogP contribution in [-0.2, 0) is 0 Å². The summed E-state index contributed by atoms with van der Waals surface area (Å²) in [6.45, 7) is 5.26. The van der Waals surface area contributed by atoms with Crippen molar-refractivity contribution in [2.45, 2.75) is 32.6 Å². The number of carbonyl (C=O) groups excluding carboxylic acids is 1. The Balaban J connectivity index is 1.73. The maximum absolute atomic E-state index is 12.6. The van der Waals surface area contributed by atoms with Crippen LogP contribution in [-0.4, -0.2) is 34.0 Å². The molecule has 1 aliphatic rings. The monoisotopic (exact) mass is 285 g/mol. The second kappa shape index (κ2) is 5.68. The molecule has 2 aromatic rings. The normalized spacial score (nSPS) is 18.8. The van der Waals surface area contributed by atoms with E-state index in [1.54, 1.807) is 0 Å². The minimum absolute atomic E-state index is 0.0796. The predicted molar refractivity (Wildman–Crippen MR) is 78.1 cm³/mol. The number of carbonyl (C=O) groups is 1. The Bertz CT molecular complexity index is 633. The van der Waals surface area contributed by atoms with Crippen LogP contribution in [0.4, 0.5) is 0 Å². The third-order valence-electron chi connectivity index (χ3n) is 3.90. The van der Waals surface area contributed by atoms with Crippen molar-refractivity contribution in [1.29, 1.82) is 0 Å². The molecule has 2 heterocycles. The molecule has 0 saturated carbocycles. The number of hydrogen-bond acceptors (Lipinski definition) is 4. The first-order valence-electron chi connectivity index (χ1n) is 7.29. The molecule has 1 aliphatic heterocycles. The Morgan fingerprint density at radius 1 is 1.29 bits per heavy atom. The lowest BCUT2D eigenvalue weighted by Crippen LogP contribution is -2.39. The van der Waals surface area contributed by atoms with E-state index in [0.717, 1.165) is 30.5 Å². The predicted octanol–water partition coefficient (Wildman–Crippen LogP) is 2.71. The fourth-order valence-corrected chi connectivity index (χ4v) is 2.72. The van der Waals surface area contributed by atoms with Crippen LogP contribution in [0.15, 0.2) is 28.8 Å². The van der Waals surface area contributed by atoms with Crippen molar-refractivity contribution >= 4 is 5.91 Å². The number of hydrogen-bond donors (Lipinski definition) is 0. The zero-order chi connectivity index (χ0) is 14.8. The first kappa shape index (κ1) is 13.8. The average Bonchev–Trinajstić information content (AvgIpc) is 2.94. The summed E-state index contributed by atoms with van der Waals surface area (Å²) >= 11 is 0. The SMILES string of the molecule is Cc1ccc(C(=O)N2CCC[C@H](c3nc(C)no3)C2)cc1. The van der Waals surface area contributed by atoms with Crippen molar-refractivity contribution in [3.63, 3.8) is 0 Å². The van der Waals surface area contributed by atoms with E-state index >= 15 is 0 Å². The topological polar surface area (TPSA) is 59.2 Å². The van der Waals surface area contributed by atoms with Gasteiger partial charge in [0.1, 0.15) is 0 Å². The highest BCUT2D eigenvalue weighted by atomic mass is 16.5. The number of aromatic nitrogens is 2. The third kappa shape index (κ3) is 2.96. The Hall–Kier alpha value is -2.17. The lowest BCUT2D eigenvalue weighted by Gasteiger charge is -2.31. The quantitative estimate of drug-likeness (QED) is 0.851. The van der Waals surface area contributed by atoms with Gasteiger partial charge in [-0.25, -0.2) is 0 Å². The molecule has 1 aromatic carbocycles. The average molecular weight is 285 g/mol. The van der Waals surface area contributed by atoms with E-state index in [0.29, 0.717) is 18.3 Å². The second-order valence-corrected chi connectivity index (χ2v) is 5.64. The minimum Gasteiger partial charge on any atom is -0.339 e. The molecule has 0 unspecified atom stereocenters. The van der Waals surface area contributed by atoms with E-state index in [2.05, 4.69) is 10.1 Å². The van der Waals surface area contributed by atoms with Crippen LogP contribution in [0.25, 0.3) is 0 Å². The molecule has 1 saturated heterocycles. The molecule has 0 spiro atoms. The summed E-state index contributed by atoms with van der Waals surface area (Å²) in [7, 11) is 0. The molecule has 1 fully saturated rings. The van der Waals surface area contributed by atoms with E-state index in [-0.39, 0.29) is 11.8 Å². The number of amides is 1. The molecule has 0 aliphatic carbocycles. The van der Waals surface area contributed by atoms with Crippen molar-refractivity contribution in [2.75, 3.05) is 13.1 Å². The van der Waals surface area contributed by atoms with Gasteiger partial charge in [-0.3, -0.25) is 4.79 Å². The molecule has 1 amide bonds. The van der Waals surface area contributed by atoms with Gasteiger partial charge in [0.15, 0.2) is 5.82 Å². The Morgan fingerprint density at radius 3 is 2.71 bits per heavy atom. The van der Waals surface area contributed by atoms with Crippen molar-refractivity contribution < 1.29 is 9.32 Å². The zero-order valence-electron chi connectivity index (χ0n) is 12.4. The molecule has 1 aromatic heterocycles. The first-order valence-corrected chi connectivity index (χ1v) is 7.29. The van der Waals surface area contributed by atoms with Crippen LogP contribution in [0, 0.1) is 13.8 Å². The maximum Gasteiger partial charge on any atom is 0.253 e. The number of likely N-dealkylation sites (tertiary alicyclic amines) is 1. The van der Waals surface area contributed by atoms with Crippen molar-refractivity contribution in [3.05, 3.63) is 47.1 Å². The van der Waals surface area contributed by atoms with Gasteiger partial charge < -0.3 is 9.42 Å². The fourth-order valence-electron chi connectivity index (χ4n) is 2.72. The number of benzene rings is 1. The van der Waals surface area contributed by atoms with Gasteiger partial charge in [-0.15, -0.1) is 0 Å². The Kier molecular flexibility index (Phi) is 3.73. The molecule has 0 radical (unpaired) electrons. The van der Waals surface area contributed by atoms with E-state index in [1.807, 2.05) is 43.0 Å². The summed E-state index contributed by atoms with van der Waals surface area (Å²) in [6, 6.07) is 7.71. The maximum atomic E-state index is 12.6. The van der Waals surface area contributed by atoms with Crippen LogP contribution in [0.5, 0.6) is 0 Å². The third-order valence-corrected chi connectivity index (χ3v) is 3.90. The molecular formula is C16H19N3O2. The van der Waals surface area contributed by atoms with E-state index in [9.17, 15) is 4.79 Å². The van der Waals surface area contributed by atoms with Gasteiger partial charge in [-0.05, 0) is 38.8 Å². The summed E-state index contributed by atoms with van der Waals surface area (Å²) in [4.78, 5) is 18.7.